The second-order valence-electron chi connectivity index (χ2n) is 2.64. The van der Waals surface area contributed by atoms with Crippen LogP contribution in [0.1, 0.15) is 29.9 Å². The summed E-state index contributed by atoms with van der Waals surface area (Å²) in [7, 11) is 0. The molecule has 42 valence electrons. The Kier molecular flexibility index (Phi) is 0.561. The Labute approximate surface area is 48.0 Å². The summed E-state index contributed by atoms with van der Waals surface area (Å²) in [4.78, 5) is 10.6. The predicted octanol–water partition coefficient (Wildman–Crippen LogP) is 1.11. The smallest absolute Gasteiger partial charge is 0.185 e. The Balaban J connectivity index is 2.31. The molecule has 0 aliphatic heterocycles. The average Bonchev–Trinajstić information content (AvgIpc) is 2.52. The lowest BCUT2D eigenvalue weighted by molar-refractivity contribution is 1.17. The Morgan fingerprint density at radius 3 is 2.12 bits per heavy atom. The molecule has 1 nitrogen and oxygen atoms in total. The lowest BCUT2D eigenvalue weighted by atomic mass is 10.3. The molecule has 0 aromatic heterocycles. The highest BCUT2D eigenvalue weighted by atomic mass is 16.1. The Hall–Kier alpha value is -0.590. The molecule has 1 fully saturated rings. The van der Waals surface area contributed by atoms with Gasteiger partial charge in [0.15, 0.2) is 5.43 Å². The minimum absolute atomic E-state index is 0.354. The van der Waals surface area contributed by atoms with Crippen molar-refractivity contribution in [3.05, 3.63) is 21.4 Å². The predicted molar refractivity (Wildman–Crippen MR) is 31.8 cm³/mol. The van der Waals surface area contributed by atoms with E-state index in [0.29, 0.717) is 11.3 Å². The molecule has 2 rings (SSSR count). The van der Waals surface area contributed by atoms with Crippen LogP contribution in [0.25, 0.3) is 0 Å². The van der Waals surface area contributed by atoms with Crippen molar-refractivity contribution in [2.75, 3.05) is 0 Å². The molecule has 0 saturated heterocycles. The summed E-state index contributed by atoms with van der Waals surface area (Å²) >= 11 is 0. The Morgan fingerprint density at radius 1 is 1.50 bits per heavy atom. The van der Waals surface area contributed by atoms with Gasteiger partial charge in [-0.25, -0.2) is 0 Å². The van der Waals surface area contributed by atoms with E-state index in [1.807, 2.05) is 6.92 Å². The largest absolute Gasteiger partial charge is 0.289 e. The molecule has 0 radical (unpaired) electrons. The number of rotatable bonds is 1. The first-order chi connectivity index (χ1) is 3.80. The molecule has 0 amide bonds. The average molecular weight is 108 g/mol. The van der Waals surface area contributed by atoms with Gasteiger partial charge < -0.3 is 0 Å². The topological polar surface area (TPSA) is 17.1 Å². The molecule has 0 N–H and O–H groups in total. The molecule has 1 aliphatic carbocycles. The van der Waals surface area contributed by atoms with E-state index in [9.17, 15) is 4.79 Å². The first-order valence-corrected chi connectivity index (χ1v) is 3.06. The van der Waals surface area contributed by atoms with Crippen LogP contribution in [0.5, 0.6) is 0 Å². The van der Waals surface area contributed by atoms with Gasteiger partial charge in [-0.2, -0.15) is 0 Å². The van der Waals surface area contributed by atoms with Crippen molar-refractivity contribution in [2.24, 2.45) is 0 Å². The van der Waals surface area contributed by atoms with Gasteiger partial charge in [0, 0.05) is 11.1 Å². The Morgan fingerprint density at radius 2 is 2.00 bits per heavy atom. The van der Waals surface area contributed by atoms with Crippen LogP contribution in [-0.4, -0.2) is 0 Å². The van der Waals surface area contributed by atoms with Crippen LogP contribution < -0.4 is 5.43 Å². The van der Waals surface area contributed by atoms with Gasteiger partial charge in [0.1, 0.15) is 0 Å². The van der Waals surface area contributed by atoms with Gasteiger partial charge in [-0.05, 0) is 25.7 Å². The fourth-order valence-electron chi connectivity index (χ4n) is 1.14. The zero-order chi connectivity index (χ0) is 5.72. The van der Waals surface area contributed by atoms with Crippen molar-refractivity contribution in [3.63, 3.8) is 0 Å². The summed E-state index contributed by atoms with van der Waals surface area (Å²) in [6.45, 7) is 1.93. The van der Waals surface area contributed by atoms with Crippen molar-refractivity contribution >= 4 is 0 Å². The van der Waals surface area contributed by atoms with Gasteiger partial charge in [-0.15, -0.1) is 0 Å². The van der Waals surface area contributed by atoms with E-state index >= 15 is 0 Å². The third kappa shape index (κ3) is 0.391. The highest BCUT2D eigenvalue weighted by molar-refractivity contribution is 5.43. The molecule has 0 atom stereocenters. The normalized spacial score (nSPS) is 20.1. The first kappa shape index (κ1) is 4.30. The first-order valence-electron chi connectivity index (χ1n) is 3.06. The zero-order valence-corrected chi connectivity index (χ0v) is 4.90. The molecule has 1 aromatic rings. The molecule has 1 saturated carbocycles. The quantitative estimate of drug-likeness (QED) is 0.526. The van der Waals surface area contributed by atoms with E-state index in [0.717, 1.165) is 11.1 Å². The lowest BCUT2D eigenvalue weighted by Gasteiger charge is -1.70. The molecule has 0 bridgehead atoms. The monoisotopic (exact) mass is 108 g/mol. The Bertz CT molecular complexity index is 224. The van der Waals surface area contributed by atoms with E-state index in [1.54, 1.807) is 0 Å². The third-order valence-electron chi connectivity index (χ3n) is 1.91. The van der Waals surface area contributed by atoms with Crippen LogP contribution in [0.4, 0.5) is 0 Å². The van der Waals surface area contributed by atoms with E-state index in [-0.39, 0.29) is 0 Å². The standard InChI is InChI=1S/C7H8O/c1-4-6(7(4)8)5-2-3-5/h5H,2-3H2,1H3. The SMILES string of the molecule is Cc1c(C2CC2)c1=O. The van der Waals surface area contributed by atoms with Crippen LogP contribution in [0.3, 0.4) is 0 Å². The summed E-state index contributed by atoms with van der Waals surface area (Å²) in [5, 5.41) is 0. The van der Waals surface area contributed by atoms with Crippen LogP contribution in [0.2, 0.25) is 0 Å². The molecule has 1 heteroatoms. The van der Waals surface area contributed by atoms with Gasteiger partial charge in [0.25, 0.3) is 0 Å². The zero-order valence-electron chi connectivity index (χ0n) is 4.90. The van der Waals surface area contributed by atoms with E-state index in [1.165, 1.54) is 12.8 Å². The van der Waals surface area contributed by atoms with Gasteiger partial charge >= 0.3 is 0 Å². The van der Waals surface area contributed by atoms with Crippen molar-refractivity contribution < 1.29 is 0 Å². The molecule has 0 heterocycles. The molecule has 1 aromatic carbocycles. The fraction of sp³-hybridized carbons (Fsp3) is 0.571. The maximum Gasteiger partial charge on any atom is 0.185 e. The van der Waals surface area contributed by atoms with Crippen LogP contribution >= 0.6 is 0 Å². The molecular formula is C7H8O. The molecular weight excluding hydrogens is 100 g/mol. The second kappa shape index (κ2) is 1.04. The van der Waals surface area contributed by atoms with Crippen molar-refractivity contribution in [1.29, 1.82) is 0 Å². The minimum Gasteiger partial charge on any atom is -0.289 e. The maximum atomic E-state index is 10.6. The van der Waals surface area contributed by atoms with Crippen molar-refractivity contribution in [2.45, 2.75) is 25.7 Å². The number of hydrogen-bond acceptors (Lipinski definition) is 1. The van der Waals surface area contributed by atoms with E-state index in [4.69, 9.17) is 0 Å². The summed E-state index contributed by atoms with van der Waals surface area (Å²) in [5.41, 5.74) is 2.56. The van der Waals surface area contributed by atoms with Crippen molar-refractivity contribution in [1.82, 2.24) is 0 Å². The van der Waals surface area contributed by atoms with Gasteiger partial charge in [-0.1, -0.05) is 0 Å². The summed E-state index contributed by atoms with van der Waals surface area (Å²) in [6.07, 6.45) is 2.52. The fourth-order valence-corrected chi connectivity index (χ4v) is 1.14. The van der Waals surface area contributed by atoms with E-state index < -0.39 is 0 Å². The minimum atomic E-state index is 0.354. The van der Waals surface area contributed by atoms with E-state index in [2.05, 4.69) is 0 Å². The second-order valence-corrected chi connectivity index (χ2v) is 2.64. The number of hydrogen-bond donors (Lipinski definition) is 0. The van der Waals surface area contributed by atoms with Crippen molar-refractivity contribution in [3.8, 4) is 0 Å². The lowest BCUT2D eigenvalue weighted by Crippen LogP contribution is -1.76. The molecule has 1 aliphatic rings. The van der Waals surface area contributed by atoms with Gasteiger partial charge in [0.05, 0.1) is 0 Å². The maximum absolute atomic E-state index is 10.6. The molecule has 8 heavy (non-hydrogen) atoms. The van der Waals surface area contributed by atoms with Crippen LogP contribution in [-0.2, 0) is 0 Å². The highest BCUT2D eigenvalue weighted by Crippen LogP contribution is 2.42. The molecule has 0 unspecified atom stereocenters. The third-order valence-corrected chi connectivity index (χ3v) is 1.91. The summed E-state index contributed by atoms with van der Waals surface area (Å²) in [6, 6.07) is 0. The highest BCUT2D eigenvalue weighted by Gasteiger charge is 2.33. The van der Waals surface area contributed by atoms with Crippen LogP contribution in [0, 0.1) is 6.92 Å². The summed E-state index contributed by atoms with van der Waals surface area (Å²) < 4.78 is 0. The van der Waals surface area contributed by atoms with Gasteiger partial charge in [-0.3, -0.25) is 4.79 Å². The van der Waals surface area contributed by atoms with Gasteiger partial charge in [0.2, 0.25) is 0 Å². The van der Waals surface area contributed by atoms with Crippen LogP contribution in [0.15, 0.2) is 4.79 Å². The summed E-state index contributed by atoms with van der Waals surface area (Å²) in [5.74, 6) is 0.697. The molecule has 0 spiro atoms.